The summed E-state index contributed by atoms with van der Waals surface area (Å²) in [6.07, 6.45) is 3.92. The summed E-state index contributed by atoms with van der Waals surface area (Å²) in [5.41, 5.74) is 7.48. The van der Waals surface area contributed by atoms with E-state index >= 15 is 0 Å². The van der Waals surface area contributed by atoms with Gasteiger partial charge in [-0.05, 0) is 57.0 Å². The molecule has 0 saturated carbocycles. The fourth-order valence-electron chi connectivity index (χ4n) is 2.53. The van der Waals surface area contributed by atoms with Crippen molar-refractivity contribution in [2.45, 2.75) is 44.7 Å². The number of nitrogens with two attached hydrogens (primary N) is 1. The molecule has 0 aliphatic carbocycles. The van der Waals surface area contributed by atoms with Crippen LogP contribution >= 0.6 is 11.6 Å². The second kappa shape index (κ2) is 9.35. The van der Waals surface area contributed by atoms with Gasteiger partial charge in [0.25, 0.3) is 0 Å². The van der Waals surface area contributed by atoms with Crippen molar-refractivity contribution >= 4 is 11.6 Å². The Labute approximate surface area is 127 Å². The first-order valence-corrected chi connectivity index (χ1v) is 7.80. The van der Waals surface area contributed by atoms with Crippen molar-refractivity contribution in [3.8, 4) is 0 Å². The van der Waals surface area contributed by atoms with Gasteiger partial charge in [0, 0.05) is 23.7 Å². The molecule has 0 aromatic heterocycles. The van der Waals surface area contributed by atoms with Crippen LogP contribution in [-0.2, 0) is 0 Å². The summed E-state index contributed by atoms with van der Waals surface area (Å²) in [5.74, 6) is 0. The third kappa shape index (κ3) is 5.41. The van der Waals surface area contributed by atoms with Crippen LogP contribution < -0.4 is 5.73 Å². The van der Waals surface area contributed by atoms with Crippen LogP contribution in [0, 0.1) is 0 Å². The smallest absolute Gasteiger partial charge is 0.0496 e. The van der Waals surface area contributed by atoms with Crippen molar-refractivity contribution in [3.05, 3.63) is 34.9 Å². The fourth-order valence-corrected chi connectivity index (χ4v) is 2.73. The van der Waals surface area contributed by atoms with Crippen LogP contribution in [-0.4, -0.2) is 36.2 Å². The predicted octanol–water partition coefficient (Wildman–Crippen LogP) is 3.21. The van der Waals surface area contributed by atoms with Crippen LogP contribution in [0.1, 0.15) is 44.2 Å². The van der Waals surface area contributed by atoms with Gasteiger partial charge in [-0.2, -0.15) is 0 Å². The Morgan fingerprint density at radius 3 is 2.65 bits per heavy atom. The molecule has 1 aromatic rings. The maximum Gasteiger partial charge on any atom is 0.0496 e. The van der Waals surface area contributed by atoms with Gasteiger partial charge in [-0.3, -0.25) is 4.90 Å². The minimum atomic E-state index is 0.0938. The molecule has 1 aromatic carbocycles. The lowest BCUT2D eigenvalue weighted by Gasteiger charge is -2.33. The molecule has 0 spiro atoms. The van der Waals surface area contributed by atoms with E-state index < -0.39 is 0 Å². The highest BCUT2D eigenvalue weighted by Crippen LogP contribution is 2.26. The van der Waals surface area contributed by atoms with Gasteiger partial charge in [0.15, 0.2) is 0 Å². The van der Waals surface area contributed by atoms with Gasteiger partial charge in [-0.25, -0.2) is 0 Å². The quantitative estimate of drug-likeness (QED) is 0.688. The van der Waals surface area contributed by atoms with Crippen LogP contribution in [0.3, 0.4) is 0 Å². The summed E-state index contributed by atoms with van der Waals surface area (Å²) in [7, 11) is 2.11. The molecule has 0 radical (unpaired) electrons. The van der Waals surface area contributed by atoms with Crippen LogP contribution in [0.15, 0.2) is 24.3 Å². The number of hydrogen-bond donors (Lipinski definition) is 2. The van der Waals surface area contributed by atoms with Crippen LogP contribution in [0.5, 0.6) is 0 Å². The highest BCUT2D eigenvalue weighted by molar-refractivity contribution is 6.30. The lowest BCUT2D eigenvalue weighted by molar-refractivity contribution is 0.202. The van der Waals surface area contributed by atoms with Crippen molar-refractivity contribution in [1.82, 2.24) is 4.90 Å². The van der Waals surface area contributed by atoms with Crippen LogP contribution in [0.25, 0.3) is 0 Å². The Balaban J connectivity index is 2.73. The maximum absolute atomic E-state index is 8.83. The zero-order chi connectivity index (χ0) is 15.0. The fraction of sp³-hybridized carbons (Fsp3) is 0.625. The molecule has 3 nitrogen and oxygen atoms in total. The summed E-state index contributed by atoms with van der Waals surface area (Å²) >= 11 is 6.10. The highest BCUT2D eigenvalue weighted by Gasteiger charge is 2.22. The number of aliphatic hydroxyl groups excluding tert-OH is 1. The van der Waals surface area contributed by atoms with E-state index in [4.69, 9.17) is 22.4 Å². The third-order valence-corrected chi connectivity index (χ3v) is 3.95. The van der Waals surface area contributed by atoms with Gasteiger partial charge >= 0.3 is 0 Å². The molecule has 3 N–H and O–H groups in total. The molecule has 0 aliphatic heterocycles. The normalized spacial score (nSPS) is 14.5. The topological polar surface area (TPSA) is 49.5 Å². The Morgan fingerprint density at radius 1 is 1.30 bits per heavy atom. The second-order valence-corrected chi connectivity index (χ2v) is 5.77. The minimum Gasteiger partial charge on any atom is -0.396 e. The van der Waals surface area contributed by atoms with Gasteiger partial charge in [0.1, 0.15) is 0 Å². The van der Waals surface area contributed by atoms with Crippen LogP contribution in [0.4, 0.5) is 0 Å². The summed E-state index contributed by atoms with van der Waals surface area (Å²) < 4.78 is 0. The zero-order valence-electron chi connectivity index (χ0n) is 12.6. The number of hydrogen-bond acceptors (Lipinski definition) is 3. The third-order valence-electron chi connectivity index (χ3n) is 3.71. The van der Waals surface area contributed by atoms with E-state index in [1.165, 1.54) is 5.56 Å². The monoisotopic (exact) mass is 298 g/mol. The largest absolute Gasteiger partial charge is 0.396 e. The van der Waals surface area contributed by atoms with E-state index in [-0.39, 0.29) is 18.7 Å². The Hall–Kier alpha value is -0.610. The molecule has 0 heterocycles. The molecule has 1 rings (SSSR count). The molecule has 0 aliphatic rings. The molecule has 20 heavy (non-hydrogen) atoms. The average Bonchev–Trinajstić information content (AvgIpc) is 2.44. The zero-order valence-corrected chi connectivity index (χ0v) is 13.3. The van der Waals surface area contributed by atoms with Gasteiger partial charge in [-0.1, -0.05) is 30.7 Å². The second-order valence-electron chi connectivity index (χ2n) is 5.34. The Kier molecular flexibility index (Phi) is 8.15. The van der Waals surface area contributed by atoms with Crippen LogP contribution in [0.2, 0.25) is 5.02 Å². The minimum absolute atomic E-state index is 0.0938. The van der Waals surface area contributed by atoms with E-state index in [9.17, 15) is 0 Å². The number of unbranched alkanes of at least 4 members (excludes halogenated alkanes) is 2. The first-order chi connectivity index (χ1) is 9.60. The van der Waals surface area contributed by atoms with E-state index in [0.717, 1.165) is 37.3 Å². The van der Waals surface area contributed by atoms with Gasteiger partial charge in [-0.15, -0.1) is 0 Å². The molecule has 4 heteroatoms. The summed E-state index contributed by atoms with van der Waals surface area (Å²) in [6.45, 7) is 3.36. The van der Waals surface area contributed by atoms with Crippen molar-refractivity contribution < 1.29 is 5.11 Å². The number of aliphatic hydroxyl groups is 1. The summed E-state index contributed by atoms with van der Waals surface area (Å²) in [4.78, 5) is 2.30. The van der Waals surface area contributed by atoms with E-state index in [2.05, 4.69) is 24.9 Å². The Morgan fingerprint density at radius 2 is 2.05 bits per heavy atom. The van der Waals surface area contributed by atoms with Gasteiger partial charge in [0.2, 0.25) is 0 Å². The molecular weight excluding hydrogens is 272 g/mol. The van der Waals surface area contributed by atoms with E-state index in [0.29, 0.717) is 0 Å². The van der Waals surface area contributed by atoms with E-state index in [1.807, 2.05) is 18.2 Å². The van der Waals surface area contributed by atoms with Crippen molar-refractivity contribution in [1.29, 1.82) is 0 Å². The number of nitrogens with zero attached hydrogens (tertiary/aromatic N) is 1. The van der Waals surface area contributed by atoms with Gasteiger partial charge in [0.05, 0.1) is 0 Å². The molecule has 2 unspecified atom stereocenters. The molecule has 2 atom stereocenters. The first-order valence-electron chi connectivity index (χ1n) is 7.42. The standard InChI is InChI=1S/C16H27ClN2O/c1-3-15(18)16(13-8-7-9-14(17)12-13)19(2)10-5-4-6-11-20/h7-9,12,15-16,20H,3-6,10-11,18H2,1-2H3. The lowest BCUT2D eigenvalue weighted by atomic mass is 9.96. The van der Waals surface area contributed by atoms with Gasteiger partial charge < -0.3 is 10.8 Å². The Bertz CT molecular complexity index is 386. The lowest BCUT2D eigenvalue weighted by Crippen LogP contribution is -2.39. The number of likely N-dealkylation sites (N-methyl/N-ethyl adjacent to an activating group) is 1. The molecule has 0 fully saturated rings. The van der Waals surface area contributed by atoms with Crippen molar-refractivity contribution in [3.63, 3.8) is 0 Å². The SMILES string of the molecule is CCC(N)C(c1cccc(Cl)c1)N(C)CCCCCO. The predicted molar refractivity (Wildman–Crippen MR) is 86.0 cm³/mol. The molecular formula is C16H27ClN2O. The summed E-state index contributed by atoms with van der Waals surface area (Å²) in [6, 6.07) is 8.25. The molecule has 114 valence electrons. The number of benzene rings is 1. The van der Waals surface area contributed by atoms with Crippen molar-refractivity contribution in [2.24, 2.45) is 5.73 Å². The number of halogens is 1. The first kappa shape index (κ1) is 17.4. The highest BCUT2D eigenvalue weighted by atomic mass is 35.5. The number of rotatable bonds is 9. The average molecular weight is 299 g/mol. The van der Waals surface area contributed by atoms with E-state index in [1.54, 1.807) is 0 Å². The van der Waals surface area contributed by atoms with Crippen molar-refractivity contribution in [2.75, 3.05) is 20.2 Å². The molecule has 0 saturated heterocycles. The summed E-state index contributed by atoms with van der Waals surface area (Å²) in [5, 5.41) is 9.58. The molecule has 0 amide bonds. The molecule has 0 bridgehead atoms. The maximum atomic E-state index is 8.83.